The maximum absolute atomic E-state index is 13.9. The lowest BCUT2D eigenvalue weighted by molar-refractivity contribution is 0.343. The number of nitrogens with one attached hydrogen (secondary N) is 1. The summed E-state index contributed by atoms with van der Waals surface area (Å²) < 4.78 is 36.0. The second-order valence-electron chi connectivity index (χ2n) is 8.84. The summed E-state index contributed by atoms with van der Waals surface area (Å²) in [6, 6.07) is 8.22. The van der Waals surface area contributed by atoms with Crippen LogP contribution in [0.3, 0.4) is 0 Å². The highest BCUT2D eigenvalue weighted by molar-refractivity contribution is 5.78. The molecule has 1 N–H and O–H groups in total. The molecule has 0 amide bonds. The first kappa shape index (κ1) is 20.9. The van der Waals surface area contributed by atoms with E-state index in [2.05, 4.69) is 41.5 Å². The van der Waals surface area contributed by atoms with Crippen LogP contribution in [0.25, 0.3) is 11.1 Å². The third-order valence-corrected chi connectivity index (χ3v) is 6.74. The molecule has 5 rings (SSSR count). The van der Waals surface area contributed by atoms with Crippen LogP contribution < -0.4 is 15.0 Å². The molecule has 0 bridgehead atoms. The zero-order valence-corrected chi connectivity index (χ0v) is 18.4. The van der Waals surface area contributed by atoms with Crippen molar-refractivity contribution in [3.8, 4) is 22.6 Å². The summed E-state index contributed by atoms with van der Waals surface area (Å²) in [6.45, 7) is 4.17. The SMILES string of the molecule is CC1CCc2c(ccc(-c3cnn(C4CCNCC4)c3)c2Oc2cc(F)cc(F)c2)N1C. The molecule has 7 heteroatoms. The number of nitrogens with zero attached hydrogens (tertiary/aromatic N) is 3. The van der Waals surface area contributed by atoms with Crippen molar-refractivity contribution in [3.05, 3.63) is 59.9 Å². The Morgan fingerprint density at radius 3 is 2.56 bits per heavy atom. The van der Waals surface area contributed by atoms with Crippen molar-refractivity contribution >= 4 is 5.69 Å². The van der Waals surface area contributed by atoms with Gasteiger partial charge < -0.3 is 15.0 Å². The van der Waals surface area contributed by atoms with Crippen molar-refractivity contribution in [3.63, 3.8) is 0 Å². The van der Waals surface area contributed by atoms with E-state index in [1.54, 1.807) is 0 Å². The largest absolute Gasteiger partial charge is 0.456 e. The van der Waals surface area contributed by atoms with E-state index in [9.17, 15) is 8.78 Å². The Hall–Kier alpha value is -2.93. The molecule has 1 fully saturated rings. The number of piperidine rings is 1. The van der Waals surface area contributed by atoms with Crippen LogP contribution in [-0.4, -0.2) is 36.0 Å². The number of halogens is 2. The van der Waals surface area contributed by atoms with Gasteiger partial charge in [0.05, 0.1) is 12.2 Å². The summed E-state index contributed by atoms with van der Waals surface area (Å²) in [5.74, 6) is -0.507. The van der Waals surface area contributed by atoms with Crippen molar-refractivity contribution in [1.82, 2.24) is 15.1 Å². The second-order valence-corrected chi connectivity index (χ2v) is 8.84. The third kappa shape index (κ3) is 3.97. The number of anilines is 1. The molecule has 1 saturated heterocycles. The fourth-order valence-electron chi connectivity index (χ4n) is 4.77. The first-order chi connectivity index (χ1) is 15.5. The Morgan fingerprint density at radius 1 is 1.06 bits per heavy atom. The molecule has 168 valence electrons. The lowest BCUT2D eigenvalue weighted by atomic mass is 9.93. The number of hydrogen-bond donors (Lipinski definition) is 1. The maximum Gasteiger partial charge on any atom is 0.140 e. The normalized spacial score (nSPS) is 19.1. The van der Waals surface area contributed by atoms with E-state index in [-0.39, 0.29) is 5.75 Å². The maximum atomic E-state index is 13.9. The van der Waals surface area contributed by atoms with Crippen LogP contribution in [0, 0.1) is 11.6 Å². The van der Waals surface area contributed by atoms with Crippen molar-refractivity contribution < 1.29 is 13.5 Å². The van der Waals surface area contributed by atoms with Gasteiger partial charge in [0, 0.05) is 59.9 Å². The Kier molecular flexibility index (Phi) is 5.59. The lowest BCUT2D eigenvalue weighted by Crippen LogP contribution is -2.33. The molecule has 1 unspecified atom stereocenters. The van der Waals surface area contributed by atoms with Gasteiger partial charge in [-0.3, -0.25) is 4.68 Å². The molecule has 2 aromatic carbocycles. The first-order valence-corrected chi connectivity index (χ1v) is 11.3. The monoisotopic (exact) mass is 438 g/mol. The van der Waals surface area contributed by atoms with Crippen LogP contribution in [0.1, 0.15) is 37.8 Å². The van der Waals surface area contributed by atoms with Gasteiger partial charge >= 0.3 is 0 Å². The van der Waals surface area contributed by atoms with Gasteiger partial charge in [0.2, 0.25) is 0 Å². The van der Waals surface area contributed by atoms with Crippen LogP contribution in [-0.2, 0) is 6.42 Å². The summed E-state index contributed by atoms with van der Waals surface area (Å²) in [5, 5.41) is 8.02. The molecule has 3 aromatic rings. The molecule has 32 heavy (non-hydrogen) atoms. The lowest BCUT2D eigenvalue weighted by Gasteiger charge is -2.35. The topological polar surface area (TPSA) is 42.3 Å². The fourth-order valence-corrected chi connectivity index (χ4v) is 4.77. The number of fused-ring (bicyclic) bond motifs is 1. The van der Waals surface area contributed by atoms with E-state index < -0.39 is 11.6 Å². The Bertz CT molecular complexity index is 1100. The third-order valence-electron chi connectivity index (χ3n) is 6.74. The van der Waals surface area contributed by atoms with Gasteiger partial charge in [-0.15, -0.1) is 0 Å². The van der Waals surface area contributed by atoms with Crippen molar-refractivity contribution in [2.24, 2.45) is 0 Å². The molecule has 0 spiro atoms. The molecule has 2 aliphatic heterocycles. The molecule has 2 aliphatic rings. The minimum absolute atomic E-state index is 0.157. The van der Waals surface area contributed by atoms with Crippen LogP contribution in [0.2, 0.25) is 0 Å². The van der Waals surface area contributed by atoms with Gasteiger partial charge in [0.15, 0.2) is 0 Å². The molecule has 1 atom stereocenters. The van der Waals surface area contributed by atoms with Crippen molar-refractivity contribution in [2.45, 2.75) is 44.7 Å². The number of rotatable bonds is 4. The number of benzene rings is 2. The summed E-state index contributed by atoms with van der Waals surface area (Å²) in [5.41, 5.74) is 3.98. The first-order valence-electron chi connectivity index (χ1n) is 11.3. The number of ether oxygens (including phenoxy) is 1. The molecule has 0 saturated carbocycles. The van der Waals surface area contributed by atoms with Crippen LogP contribution in [0.5, 0.6) is 11.5 Å². The molecular weight excluding hydrogens is 410 g/mol. The van der Waals surface area contributed by atoms with E-state index in [0.29, 0.717) is 17.8 Å². The van der Waals surface area contributed by atoms with Crippen LogP contribution in [0.4, 0.5) is 14.5 Å². The number of aromatic nitrogens is 2. The van der Waals surface area contributed by atoms with Gasteiger partial charge in [-0.25, -0.2) is 8.78 Å². The standard InChI is InChI=1S/C25H28F2N4O/c1-16-3-4-23-24(30(16)2)6-5-22(25(23)32-21-12-18(26)11-19(27)13-21)17-14-29-31(15-17)20-7-9-28-10-8-20/h5-6,11-16,20,28H,3-4,7-10H2,1-2H3. The average Bonchev–Trinajstić information content (AvgIpc) is 3.26. The zero-order valence-electron chi connectivity index (χ0n) is 18.4. The van der Waals surface area contributed by atoms with Crippen LogP contribution in [0.15, 0.2) is 42.7 Å². The van der Waals surface area contributed by atoms with Gasteiger partial charge in [-0.2, -0.15) is 5.10 Å². The van der Waals surface area contributed by atoms with E-state index in [1.165, 1.54) is 12.1 Å². The van der Waals surface area contributed by atoms with Crippen molar-refractivity contribution in [1.29, 1.82) is 0 Å². The van der Waals surface area contributed by atoms with Gasteiger partial charge in [0.25, 0.3) is 0 Å². The highest BCUT2D eigenvalue weighted by atomic mass is 19.1. The summed E-state index contributed by atoms with van der Waals surface area (Å²) >= 11 is 0. The second kappa shape index (κ2) is 8.54. The highest BCUT2D eigenvalue weighted by Crippen LogP contribution is 2.44. The molecular formula is C25H28F2N4O. The highest BCUT2D eigenvalue weighted by Gasteiger charge is 2.26. The van der Waals surface area contributed by atoms with E-state index >= 15 is 0 Å². The van der Waals surface area contributed by atoms with Gasteiger partial charge in [0.1, 0.15) is 23.1 Å². The fraction of sp³-hybridized carbons (Fsp3) is 0.400. The van der Waals surface area contributed by atoms with Crippen molar-refractivity contribution in [2.75, 3.05) is 25.0 Å². The molecule has 5 nitrogen and oxygen atoms in total. The smallest absolute Gasteiger partial charge is 0.140 e. The Morgan fingerprint density at radius 2 is 1.81 bits per heavy atom. The minimum atomic E-state index is -0.657. The zero-order chi connectivity index (χ0) is 22.2. The molecule has 0 radical (unpaired) electrons. The quantitative estimate of drug-likeness (QED) is 0.599. The summed E-state index contributed by atoms with van der Waals surface area (Å²) in [7, 11) is 2.07. The number of hydrogen-bond acceptors (Lipinski definition) is 4. The summed E-state index contributed by atoms with van der Waals surface area (Å²) in [4.78, 5) is 2.24. The Balaban J connectivity index is 1.58. The minimum Gasteiger partial charge on any atom is -0.456 e. The molecule has 3 heterocycles. The predicted octanol–water partition coefficient (Wildman–Crippen LogP) is 5.32. The summed E-state index contributed by atoms with van der Waals surface area (Å²) in [6.07, 6.45) is 7.82. The van der Waals surface area contributed by atoms with E-state index in [1.807, 2.05) is 16.9 Å². The van der Waals surface area contributed by atoms with E-state index in [0.717, 1.165) is 67.2 Å². The molecule has 1 aromatic heterocycles. The van der Waals surface area contributed by atoms with Gasteiger partial charge in [-0.05, 0) is 57.8 Å². The van der Waals surface area contributed by atoms with Gasteiger partial charge in [-0.1, -0.05) is 0 Å². The Labute approximate surface area is 187 Å². The molecule has 0 aliphatic carbocycles. The predicted molar refractivity (Wildman–Crippen MR) is 121 cm³/mol. The van der Waals surface area contributed by atoms with Crippen LogP contribution >= 0.6 is 0 Å². The average molecular weight is 439 g/mol. The van der Waals surface area contributed by atoms with E-state index in [4.69, 9.17) is 4.74 Å².